The summed E-state index contributed by atoms with van der Waals surface area (Å²) in [4.78, 5) is 20.7. The van der Waals surface area contributed by atoms with Crippen molar-refractivity contribution in [1.29, 1.82) is 0 Å². The van der Waals surface area contributed by atoms with E-state index in [9.17, 15) is 18.5 Å². The molecule has 0 unspecified atom stereocenters. The Balaban J connectivity index is 1.40. The average molecular weight is 619 g/mol. The third-order valence-electron chi connectivity index (χ3n) is 8.33. The van der Waals surface area contributed by atoms with Gasteiger partial charge in [-0.3, -0.25) is 10.1 Å². The van der Waals surface area contributed by atoms with Crippen LogP contribution in [0.1, 0.15) is 0 Å². The van der Waals surface area contributed by atoms with Crippen molar-refractivity contribution in [3.8, 4) is 11.1 Å². The van der Waals surface area contributed by atoms with Gasteiger partial charge in [-0.15, -0.1) is 0 Å². The van der Waals surface area contributed by atoms with Crippen LogP contribution in [0.15, 0.2) is 114 Å². The Bertz CT molecular complexity index is 2160. The van der Waals surface area contributed by atoms with Crippen LogP contribution in [0.3, 0.4) is 0 Å². The number of piperazine rings is 1. The molecule has 7 rings (SSSR count). The lowest BCUT2D eigenvalue weighted by atomic mass is 10.0. The van der Waals surface area contributed by atoms with Gasteiger partial charge < -0.3 is 15.1 Å². The van der Waals surface area contributed by atoms with E-state index < -0.39 is 14.9 Å². The number of nitro benzene ring substituents is 1. The highest BCUT2D eigenvalue weighted by atomic mass is 32.2. The van der Waals surface area contributed by atoms with Gasteiger partial charge in [-0.05, 0) is 66.7 Å². The Hall–Kier alpha value is -5.26. The molecule has 0 spiro atoms. The fraction of sp³-hybridized carbons (Fsp3) is 0.147. The predicted molar refractivity (Wildman–Crippen MR) is 178 cm³/mol. The van der Waals surface area contributed by atoms with E-state index >= 15 is 0 Å². The molecule has 6 aromatic rings. The van der Waals surface area contributed by atoms with Crippen molar-refractivity contribution in [2.45, 2.75) is 4.90 Å². The van der Waals surface area contributed by atoms with Crippen LogP contribution < -0.4 is 10.2 Å². The molecule has 0 bridgehead atoms. The highest BCUT2D eigenvalue weighted by molar-refractivity contribution is 7.90. The fourth-order valence-corrected chi connectivity index (χ4v) is 7.43. The van der Waals surface area contributed by atoms with Crippen molar-refractivity contribution >= 4 is 54.7 Å². The summed E-state index contributed by atoms with van der Waals surface area (Å²) in [5.74, 6) is 0. The first-order valence-corrected chi connectivity index (χ1v) is 16.0. The van der Waals surface area contributed by atoms with E-state index in [1.165, 1.54) is 21.9 Å². The van der Waals surface area contributed by atoms with Gasteiger partial charge >= 0.3 is 0 Å². The van der Waals surface area contributed by atoms with Crippen LogP contribution in [0.4, 0.5) is 22.7 Å². The van der Waals surface area contributed by atoms with Gasteiger partial charge in [0.1, 0.15) is 5.69 Å². The fourth-order valence-electron chi connectivity index (χ4n) is 5.94. The lowest BCUT2D eigenvalue weighted by Gasteiger charge is -2.34. The monoisotopic (exact) mass is 618 g/mol. The lowest BCUT2D eigenvalue weighted by molar-refractivity contribution is -0.383. The molecule has 4 aromatic carbocycles. The number of pyridine rings is 1. The number of nitrogens with zero attached hydrogens (tertiary/aromatic N) is 5. The number of rotatable bonds is 7. The van der Waals surface area contributed by atoms with Crippen LogP contribution in [-0.2, 0) is 10.0 Å². The van der Waals surface area contributed by atoms with Crippen LogP contribution in [0.25, 0.3) is 33.1 Å². The van der Waals surface area contributed by atoms with Crippen molar-refractivity contribution in [2.24, 2.45) is 0 Å². The van der Waals surface area contributed by atoms with Crippen molar-refractivity contribution in [3.05, 3.63) is 119 Å². The lowest BCUT2D eigenvalue weighted by Crippen LogP contribution is -2.44. The number of para-hydroxylation sites is 2. The zero-order chi connectivity index (χ0) is 31.1. The smallest absolute Gasteiger partial charge is 0.292 e. The van der Waals surface area contributed by atoms with E-state index in [0.29, 0.717) is 22.0 Å². The highest BCUT2D eigenvalue weighted by Gasteiger charge is 2.26. The van der Waals surface area contributed by atoms with Crippen LogP contribution in [0.2, 0.25) is 0 Å². The summed E-state index contributed by atoms with van der Waals surface area (Å²) >= 11 is 0. The number of likely N-dealkylation sites (N-methyl/N-ethyl adjacent to an activating group) is 1. The van der Waals surface area contributed by atoms with Gasteiger partial charge in [-0.25, -0.2) is 17.4 Å². The maximum Gasteiger partial charge on any atom is 0.292 e. The second-order valence-electron chi connectivity index (χ2n) is 11.1. The first-order valence-electron chi connectivity index (χ1n) is 14.6. The number of nitro groups is 1. The number of hydrogen-bond acceptors (Lipinski definition) is 8. The van der Waals surface area contributed by atoms with E-state index in [1.807, 2.05) is 12.1 Å². The van der Waals surface area contributed by atoms with E-state index in [2.05, 4.69) is 51.4 Å². The van der Waals surface area contributed by atoms with Crippen molar-refractivity contribution in [1.82, 2.24) is 13.9 Å². The standard InChI is InChI=1S/C34H30N6O4S/c1-37-19-21-38(22-20-37)26-14-11-24(12-15-26)25-13-16-31-28(23-25)33-30(36-29-9-5-6-10-32(29)40(41)42)17-18-35-34(33)39(31)45(43,44)27-7-3-2-4-8-27/h2-18,23H,19-22H2,1H3,(H,35,36). The van der Waals surface area contributed by atoms with E-state index in [-0.39, 0.29) is 21.9 Å². The first kappa shape index (κ1) is 28.5. The third kappa shape index (κ3) is 5.15. The van der Waals surface area contributed by atoms with E-state index in [1.54, 1.807) is 60.7 Å². The Morgan fingerprint density at radius 1 is 0.800 bits per heavy atom. The summed E-state index contributed by atoms with van der Waals surface area (Å²) < 4.78 is 29.5. The molecular weight excluding hydrogens is 588 g/mol. The second kappa shape index (κ2) is 11.3. The highest BCUT2D eigenvalue weighted by Crippen LogP contribution is 2.40. The minimum atomic E-state index is -4.05. The molecule has 1 aliphatic rings. The van der Waals surface area contributed by atoms with Gasteiger partial charge in [0.15, 0.2) is 5.65 Å². The Kier molecular flexibility index (Phi) is 7.19. The van der Waals surface area contributed by atoms with E-state index in [0.717, 1.165) is 37.3 Å². The summed E-state index contributed by atoms with van der Waals surface area (Å²) in [6.07, 6.45) is 1.51. The van der Waals surface area contributed by atoms with Gasteiger partial charge in [0, 0.05) is 49.5 Å². The molecule has 3 heterocycles. The Labute approximate surface area is 260 Å². The van der Waals surface area contributed by atoms with Crippen LogP contribution >= 0.6 is 0 Å². The first-order chi connectivity index (χ1) is 21.8. The molecule has 2 aromatic heterocycles. The molecule has 0 aliphatic carbocycles. The average Bonchev–Trinajstić information content (AvgIpc) is 3.41. The maximum atomic E-state index is 14.1. The van der Waals surface area contributed by atoms with Crippen LogP contribution in [0.5, 0.6) is 0 Å². The number of hydrogen-bond donors (Lipinski definition) is 1. The summed E-state index contributed by atoms with van der Waals surface area (Å²) in [5.41, 5.74) is 4.43. The summed E-state index contributed by atoms with van der Waals surface area (Å²) in [6.45, 7) is 3.98. The Morgan fingerprint density at radius 2 is 1.49 bits per heavy atom. The molecule has 10 nitrogen and oxygen atoms in total. The number of anilines is 3. The SMILES string of the molecule is CN1CCN(c2ccc(-c3ccc4c(c3)c3c(Nc5ccccc5[N+](=O)[O-])ccnc3n4S(=O)(=O)c3ccccc3)cc2)CC1. The number of nitrogens with one attached hydrogen (secondary N) is 1. The minimum absolute atomic E-state index is 0.0933. The van der Waals surface area contributed by atoms with Gasteiger partial charge in [0.2, 0.25) is 0 Å². The minimum Gasteiger partial charge on any atom is -0.369 e. The molecule has 226 valence electrons. The molecule has 0 atom stereocenters. The Morgan fingerprint density at radius 3 is 2.22 bits per heavy atom. The van der Waals surface area contributed by atoms with Gasteiger partial charge in [-0.2, -0.15) is 0 Å². The molecular formula is C34H30N6O4S. The van der Waals surface area contributed by atoms with Crippen LogP contribution in [0, 0.1) is 10.1 Å². The number of aromatic nitrogens is 2. The van der Waals surface area contributed by atoms with E-state index in [4.69, 9.17) is 0 Å². The zero-order valence-electron chi connectivity index (χ0n) is 24.5. The quantitative estimate of drug-likeness (QED) is 0.159. The summed E-state index contributed by atoms with van der Waals surface area (Å²) in [7, 11) is -1.92. The third-order valence-corrected chi connectivity index (χ3v) is 10.0. The molecule has 11 heteroatoms. The molecule has 0 saturated carbocycles. The van der Waals surface area contributed by atoms with Gasteiger partial charge in [0.25, 0.3) is 15.7 Å². The van der Waals surface area contributed by atoms with Crippen LogP contribution in [-0.4, -0.2) is 60.4 Å². The zero-order valence-corrected chi connectivity index (χ0v) is 25.3. The maximum absolute atomic E-state index is 14.1. The molecule has 1 fully saturated rings. The summed E-state index contributed by atoms with van der Waals surface area (Å²) in [5, 5.41) is 16.2. The van der Waals surface area contributed by atoms with Gasteiger partial charge in [0.05, 0.1) is 26.4 Å². The number of benzene rings is 4. The predicted octanol–water partition coefficient (Wildman–Crippen LogP) is 6.50. The molecule has 1 saturated heterocycles. The molecule has 45 heavy (non-hydrogen) atoms. The molecule has 1 N–H and O–H groups in total. The number of fused-ring (bicyclic) bond motifs is 3. The van der Waals surface area contributed by atoms with Crippen molar-refractivity contribution < 1.29 is 13.3 Å². The summed E-state index contributed by atoms with van der Waals surface area (Å²) in [6, 6.07) is 30.4. The van der Waals surface area contributed by atoms with Gasteiger partial charge in [-0.1, -0.05) is 48.5 Å². The molecule has 0 amide bonds. The normalized spacial score (nSPS) is 14.2. The topological polar surface area (TPSA) is 114 Å². The van der Waals surface area contributed by atoms with Crippen molar-refractivity contribution in [2.75, 3.05) is 43.4 Å². The largest absolute Gasteiger partial charge is 0.369 e. The van der Waals surface area contributed by atoms with Crippen molar-refractivity contribution in [3.63, 3.8) is 0 Å². The molecule has 0 radical (unpaired) electrons. The molecule has 1 aliphatic heterocycles. The second-order valence-corrected chi connectivity index (χ2v) is 12.9.